The van der Waals surface area contributed by atoms with Crippen molar-refractivity contribution in [2.24, 2.45) is 0 Å². The van der Waals surface area contributed by atoms with Gasteiger partial charge in [0.1, 0.15) is 5.82 Å². The second-order valence-electron chi connectivity index (χ2n) is 7.65. The molecule has 0 bridgehead atoms. The van der Waals surface area contributed by atoms with Crippen LogP contribution in [0.3, 0.4) is 0 Å². The van der Waals surface area contributed by atoms with Crippen molar-refractivity contribution in [3.05, 3.63) is 59.9 Å². The summed E-state index contributed by atoms with van der Waals surface area (Å²) in [4.78, 5) is 14.2. The molecule has 2 aromatic rings. The number of amides is 1. The van der Waals surface area contributed by atoms with Crippen LogP contribution in [0.5, 0.6) is 0 Å². The van der Waals surface area contributed by atoms with E-state index in [2.05, 4.69) is 5.32 Å². The Kier molecular flexibility index (Phi) is 7.58. The third kappa shape index (κ3) is 5.87. The lowest BCUT2D eigenvalue weighted by molar-refractivity contribution is -0.117. The van der Waals surface area contributed by atoms with E-state index < -0.39 is 10.0 Å². The minimum absolute atomic E-state index is 0.0855. The van der Waals surface area contributed by atoms with E-state index >= 15 is 0 Å². The Morgan fingerprint density at radius 2 is 1.67 bits per heavy atom. The highest BCUT2D eigenvalue weighted by molar-refractivity contribution is 7.89. The molecule has 2 aromatic carbocycles. The third-order valence-electron chi connectivity index (χ3n) is 5.15. The predicted molar refractivity (Wildman–Crippen MR) is 115 cm³/mol. The van der Waals surface area contributed by atoms with Gasteiger partial charge >= 0.3 is 0 Å². The third-order valence-corrected chi connectivity index (χ3v) is 7.07. The summed E-state index contributed by atoms with van der Waals surface area (Å²) < 4.78 is 40.9. The van der Waals surface area contributed by atoms with E-state index in [0.717, 1.165) is 25.7 Å². The molecule has 1 heterocycles. The Hall–Kier alpha value is -2.29. The number of hydrogen-bond acceptors (Lipinski definition) is 4. The van der Waals surface area contributed by atoms with Gasteiger partial charge in [-0.25, -0.2) is 12.8 Å². The maximum absolute atomic E-state index is 13.7. The standard InChI is InChI=1S/C22H28FN3O3S/c1-25(16-18-8-4-5-9-21(18)23)17-22(27)24-19-10-12-20(13-11-19)30(28,29)26-14-6-2-3-7-15-26/h4-5,8-13H,2-3,6-7,14-17H2,1H3,(H,24,27). The quantitative estimate of drug-likeness (QED) is 0.726. The van der Waals surface area contributed by atoms with Crippen molar-refractivity contribution in [3.8, 4) is 0 Å². The largest absolute Gasteiger partial charge is 0.325 e. The molecule has 0 aromatic heterocycles. The summed E-state index contributed by atoms with van der Waals surface area (Å²) in [7, 11) is -1.77. The molecule has 3 rings (SSSR count). The van der Waals surface area contributed by atoms with Crippen LogP contribution in [-0.2, 0) is 21.4 Å². The molecule has 162 valence electrons. The zero-order valence-corrected chi connectivity index (χ0v) is 18.0. The Morgan fingerprint density at radius 1 is 1.03 bits per heavy atom. The van der Waals surface area contributed by atoms with E-state index in [-0.39, 0.29) is 23.2 Å². The highest BCUT2D eigenvalue weighted by Crippen LogP contribution is 2.22. The minimum Gasteiger partial charge on any atom is -0.325 e. The van der Waals surface area contributed by atoms with Crippen LogP contribution >= 0.6 is 0 Å². The van der Waals surface area contributed by atoms with Crippen LogP contribution < -0.4 is 5.32 Å². The second kappa shape index (κ2) is 10.1. The molecule has 1 saturated heterocycles. The Morgan fingerprint density at radius 3 is 2.30 bits per heavy atom. The van der Waals surface area contributed by atoms with Crippen LogP contribution in [0.15, 0.2) is 53.4 Å². The number of likely N-dealkylation sites (N-methyl/N-ethyl adjacent to an activating group) is 1. The maximum atomic E-state index is 13.7. The number of nitrogens with one attached hydrogen (secondary N) is 1. The normalized spacial score (nSPS) is 15.7. The summed E-state index contributed by atoms with van der Waals surface area (Å²) in [6.45, 7) is 1.50. The average Bonchev–Trinajstić information content (AvgIpc) is 3.00. The fourth-order valence-electron chi connectivity index (χ4n) is 3.56. The number of carbonyl (C=O) groups is 1. The molecule has 0 spiro atoms. The monoisotopic (exact) mass is 433 g/mol. The Bertz CT molecular complexity index is 956. The van der Waals surface area contributed by atoms with Crippen LogP contribution in [0, 0.1) is 5.82 Å². The lowest BCUT2D eigenvalue weighted by Crippen LogP contribution is -2.32. The number of benzene rings is 2. The summed E-state index contributed by atoms with van der Waals surface area (Å²) in [6.07, 6.45) is 3.88. The van der Waals surface area contributed by atoms with Crippen LogP contribution in [-0.4, -0.2) is 50.2 Å². The number of nitrogens with zero attached hydrogens (tertiary/aromatic N) is 2. The van der Waals surface area contributed by atoms with E-state index in [1.165, 1.54) is 18.2 Å². The zero-order chi connectivity index (χ0) is 21.6. The van der Waals surface area contributed by atoms with Gasteiger partial charge in [0.05, 0.1) is 11.4 Å². The lowest BCUT2D eigenvalue weighted by Gasteiger charge is -2.20. The van der Waals surface area contributed by atoms with Crippen molar-refractivity contribution in [1.82, 2.24) is 9.21 Å². The molecule has 1 N–H and O–H groups in total. The molecule has 1 aliphatic rings. The predicted octanol–water partition coefficient (Wildman–Crippen LogP) is 3.46. The topological polar surface area (TPSA) is 69.7 Å². The Labute approximate surface area is 177 Å². The molecule has 0 saturated carbocycles. The number of sulfonamides is 1. The van der Waals surface area contributed by atoms with Gasteiger partial charge in [-0.1, -0.05) is 31.0 Å². The molecule has 0 aliphatic carbocycles. The molecule has 1 fully saturated rings. The highest BCUT2D eigenvalue weighted by atomic mass is 32.2. The summed E-state index contributed by atoms with van der Waals surface area (Å²) in [6, 6.07) is 12.7. The van der Waals surface area contributed by atoms with E-state index in [9.17, 15) is 17.6 Å². The molecule has 30 heavy (non-hydrogen) atoms. The Balaban J connectivity index is 1.57. The number of carbonyl (C=O) groups excluding carboxylic acids is 1. The van der Waals surface area contributed by atoms with E-state index in [1.807, 2.05) is 0 Å². The molecule has 0 atom stereocenters. The van der Waals surface area contributed by atoms with E-state index in [0.29, 0.717) is 30.9 Å². The molecule has 1 amide bonds. The number of rotatable bonds is 7. The summed E-state index contributed by atoms with van der Waals surface area (Å²) >= 11 is 0. The fourth-order valence-corrected chi connectivity index (χ4v) is 5.08. The average molecular weight is 434 g/mol. The van der Waals surface area contributed by atoms with Gasteiger partial charge in [0.25, 0.3) is 0 Å². The summed E-state index contributed by atoms with van der Waals surface area (Å²) in [5, 5.41) is 2.76. The van der Waals surface area contributed by atoms with Crippen LogP contribution in [0.2, 0.25) is 0 Å². The van der Waals surface area contributed by atoms with Crippen molar-refractivity contribution >= 4 is 21.6 Å². The second-order valence-corrected chi connectivity index (χ2v) is 9.59. The van der Waals surface area contributed by atoms with Gasteiger partial charge in [-0.15, -0.1) is 0 Å². The van der Waals surface area contributed by atoms with E-state index in [1.54, 1.807) is 46.6 Å². The van der Waals surface area contributed by atoms with Crippen molar-refractivity contribution in [1.29, 1.82) is 0 Å². The van der Waals surface area contributed by atoms with Gasteiger partial charge in [0.2, 0.25) is 15.9 Å². The SMILES string of the molecule is CN(CC(=O)Nc1ccc(S(=O)(=O)N2CCCCCC2)cc1)Cc1ccccc1F. The number of anilines is 1. The van der Waals surface area contributed by atoms with Crippen LogP contribution in [0.25, 0.3) is 0 Å². The summed E-state index contributed by atoms with van der Waals surface area (Å²) in [5.41, 5.74) is 1.05. The maximum Gasteiger partial charge on any atom is 0.243 e. The van der Waals surface area contributed by atoms with Gasteiger partial charge in [0, 0.05) is 30.9 Å². The molecule has 6 nitrogen and oxygen atoms in total. The van der Waals surface area contributed by atoms with Crippen molar-refractivity contribution in [2.75, 3.05) is 32.0 Å². The first-order valence-electron chi connectivity index (χ1n) is 10.2. The van der Waals surface area contributed by atoms with Gasteiger partial charge in [0.15, 0.2) is 0 Å². The van der Waals surface area contributed by atoms with E-state index in [4.69, 9.17) is 0 Å². The molecule has 8 heteroatoms. The molecule has 0 unspecified atom stereocenters. The lowest BCUT2D eigenvalue weighted by atomic mass is 10.2. The van der Waals surface area contributed by atoms with Crippen molar-refractivity contribution < 1.29 is 17.6 Å². The van der Waals surface area contributed by atoms with Gasteiger partial charge in [-0.05, 0) is 50.2 Å². The van der Waals surface area contributed by atoms with Gasteiger partial charge < -0.3 is 5.32 Å². The van der Waals surface area contributed by atoms with Crippen LogP contribution in [0.1, 0.15) is 31.2 Å². The zero-order valence-electron chi connectivity index (χ0n) is 17.2. The fraction of sp³-hybridized carbons (Fsp3) is 0.409. The number of halogens is 1. The first-order valence-corrected chi connectivity index (χ1v) is 11.6. The van der Waals surface area contributed by atoms with Crippen molar-refractivity contribution in [3.63, 3.8) is 0 Å². The molecular formula is C22H28FN3O3S. The minimum atomic E-state index is -3.51. The molecular weight excluding hydrogens is 405 g/mol. The first-order chi connectivity index (χ1) is 14.4. The van der Waals surface area contributed by atoms with Gasteiger partial charge in [-0.3, -0.25) is 9.69 Å². The van der Waals surface area contributed by atoms with Crippen LogP contribution in [0.4, 0.5) is 10.1 Å². The molecule has 0 radical (unpaired) electrons. The number of hydrogen-bond donors (Lipinski definition) is 1. The smallest absolute Gasteiger partial charge is 0.243 e. The van der Waals surface area contributed by atoms with Crippen molar-refractivity contribution in [2.45, 2.75) is 37.1 Å². The molecule has 1 aliphatic heterocycles. The highest BCUT2D eigenvalue weighted by Gasteiger charge is 2.25. The summed E-state index contributed by atoms with van der Waals surface area (Å²) in [5.74, 6) is -0.553. The van der Waals surface area contributed by atoms with Gasteiger partial charge in [-0.2, -0.15) is 4.31 Å². The first kappa shape index (κ1) is 22.4.